The zero-order chi connectivity index (χ0) is 20.1. The number of nitrogens with one attached hydrogen (secondary N) is 2. The second kappa shape index (κ2) is 8.55. The predicted molar refractivity (Wildman–Crippen MR) is 107 cm³/mol. The first-order valence-electron chi connectivity index (χ1n) is 8.86. The highest BCUT2D eigenvalue weighted by Crippen LogP contribution is 2.34. The van der Waals surface area contributed by atoms with E-state index in [9.17, 15) is 9.90 Å². The van der Waals surface area contributed by atoms with Crippen LogP contribution in [0.2, 0.25) is 0 Å². The molecule has 0 aliphatic heterocycles. The third-order valence-electron chi connectivity index (χ3n) is 4.23. The van der Waals surface area contributed by atoms with Crippen molar-refractivity contribution in [3.05, 3.63) is 65.5 Å². The predicted octanol–water partition coefficient (Wildman–Crippen LogP) is 1.96. The largest absolute Gasteiger partial charge is 0.488 e. The Kier molecular flexibility index (Phi) is 5.93. The van der Waals surface area contributed by atoms with Crippen LogP contribution in [0, 0.1) is 0 Å². The lowest BCUT2D eigenvalue weighted by Crippen LogP contribution is -2.29. The van der Waals surface area contributed by atoms with Crippen molar-refractivity contribution in [2.75, 3.05) is 5.32 Å². The lowest BCUT2D eigenvalue weighted by Gasteiger charge is -2.13. The van der Waals surface area contributed by atoms with Crippen molar-refractivity contribution in [3.8, 4) is 17.0 Å². The quantitative estimate of drug-likeness (QED) is 0.378. The molecular formula is C20H23N5O3. The van der Waals surface area contributed by atoms with E-state index in [4.69, 9.17) is 16.2 Å². The van der Waals surface area contributed by atoms with Gasteiger partial charge in [0.2, 0.25) is 0 Å². The molecule has 0 spiro atoms. The minimum atomic E-state index is -1.34. The Morgan fingerprint density at radius 1 is 1.32 bits per heavy atom. The maximum absolute atomic E-state index is 11.8. The zero-order valence-electron chi connectivity index (χ0n) is 15.5. The van der Waals surface area contributed by atoms with Crippen LogP contribution in [0.25, 0.3) is 11.3 Å². The summed E-state index contributed by atoms with van der Waals surface area (Å²) in [5.74, 6) is 0.242. The molecule has 0 saturated carbocycles. The van der Waals surface area contributed by atoms with Crippen LogP contribution in [-0.4, -0.2) is 27.3 Å². The van der Waals surface area contributed by atoms with Crippen molar-refractivity contribution in [3.63, 3.8) is 0 Å². The van der Waals surface area contributed by atoms with Gasteiger partial charge in [0.05, 0.1) is 11.3 Å². The van der Waals surface area contributed by atoms with Crippen molar-refractivity contribution < 1.29 is 14.6 Å². The van der Waals surface area contributed by atoms with E-state index in [1.807, 2.05) is 30.3 Å². The second-order valence-corrected chi connectivity index (χ2v) is 6.26. The third-order valence-corrected chi connectivity index (χ3v) is 4.23. The molecular weight excluding hydrogens is 358 g/mol. The van der Waals surface area contributed by atoms with E-state index in [-0.39, 0.29) is 11.4 Å². The lowest BCUT2D eigenvalue weighted by molar-refractivity contribution is 0.100. The van der Waals surface area contributed by atoms with E-state index in [0.717, 1.165) is 23.1 Å². The van der Waals surface area contributed by atoms with Gasteiger partial charge in [0.25, 0.3) is 5.91 Å². The van der Waals surface area contributed by atoms with Gasteiger partial charge in [-0.2, -0.15) is 0 Å². The number of nitrogens with zero attached hydrogens (tertiary/aromatic N) is 1. The summed E-state index contributed by atoms with van der Waals surface area (Å²) in [5, 5.41) is 12.0. The first-order chi connectivity index (χ1) is 13.5. The highest BCUT2D eigenvalue weighted by Gasteiger charge is 2.18. The summed E-state index contributed by atoms with van der Waals surface area (Å²) in [5.41, 5.74) is 14.4. The molecule has 8 nitrogen and oxygen atoms in total. The third kappa shape index (κ3) is 4.48. The summed E-state index contributed by atoms with van der Waals surface area (Å²) >= 11 is 0. The number of aryl methyl sites for hydroxylation is 1. The number of carbonyl (C=O) groups excluding carboxylic acids is 1. The standard InChI is InChI=1S/C20H23N5O3/c1-2-12-5-6-17(28-11-13-4-3-7-23-10-13)14(8-12)16-9-15(18(21)26)19(24-16)25-20(22)27/h3-10,20,24-25,27H,2,11,22H2,1H3,(H2,21,26). The number of aliphatic hydroxyl groups excluding tert-OH is 1. The monoisotopic (exact) mass is 381 g/mol. The van der Waals surface area contributed by atoms with Gasteiger partial charge in [0, 0.05) is 23.5 Å². The molecule has 0 bridgehead atoms. The fourth-order valence-electron chi connectivity index (χ4n) is 2.83. The molecule has 1 unspecified atom stereocenters. The van der Waals surface area contributed by atoms with Gasteiger partial charge in [0.1, 0.15) is 18.2 Å². The number of benzene rings is 1. The molecule has 0 aliphatic rings. The SMILES string of the molecule is CCc1ccc(OCc2cccnc2)c(-c2cc(C(N)=O)c(NC(N)O)[nH]2)c1. The number of rotatable bonds is 8. The number of hydrogen-bond acceptors (Lipinski definition) is 6. The van der Waals surface area contributed by atoms with E-state index in [2.05, 4.69) is 22.2 Å². The van der Waals surface area contributed by atoms with Crippen LogP contribution in [0.4, 0.5) is 5.82 Å². The summed E-state index contributed by atoms with van der Waals surface area (Å²) in [4.78, 5) is 18.9. The van der Waals surface area contributed by atoms with E-state index in [0.29, 0.717) is 18.1 Å². The fourth-order valence-corrected chi connectivity index (χ4v) is 2.83. The number of aromatic amines is 1. The molecule has 3 aromatic rings. The normalized spacial score (nSPS) is 11.8. The molecule has 1 aromatic carbocycles. The minimum Gasteiger partial charge on any atom is -0.488 e. The molecule has 1 amide bonds. The zero-order valence-corrected chi connectivity index (χ0v) is 15.5. The highest BCUT2D eigenvalue weighted by molar-refractivity contribution is 5.99. The fraction of sp³-hybridized carbons (Fsp3) is 0.200. The van der Waals surface area contributed by atoms with Gasteiger partial charge < -0.3 is 25.9 Å². The summed E-state index contributed by atoms with van der Waals surface area (Å²) in [6.07, 6.45) is 2.94. The number of H-pyrrole nitrogens is 1. The number of nitrogens with two attached hydrogens (primary N) is 2. The summed E-state index contributed by atoms with van der Waals surface area (Å²) in [6.45, 7) is 2.40. The maximum atomic E-state index is 11.8. The van der Waals surface area contributed by atoms with Gasteiger partial charge in [-0.05, 0) is 36.2 Å². The molecule has 0 saturated heterocycles. The lowest BCUT2D eigenvalue weighted by atomic mass is 10.0. The van der Waals surface area contributed by atoms with Crippen LogP contribution in [0.15, 0.2) is 48.8 Å². The van der Waals surface area contributed by atoms with Gasteiger partial charge in [-0.25, -0.2) is 0 Å². The molecule has 28 heavy (non-hydrogen) atoms. The first-order valence-corrected chi connectivity index (χ1v) is 8.86. The van der Waals surface area contributed by atoms with Gasteiger partial charge in [-0.15, -0.1) is 0 Å². The van der Waals surface area contributed by atoms with Crippen molar-refractivity contribution >= 4 is 11.7 Å². The number of pyridine rings is 1. The van der Waals surface area contributed by atoms with E-state index in [1.54, 1.807) is 18.5 Å². The van der Waals surface area contributed by atoms with E-state index < -0.39 is 12.3 Å². The number of anilines is 1. The Balaban J connectivity index is 1.98. The minimum absolute atomic E-state index is 0.194. The Bertz CT molecular complexity index is 954. The van der Waals surface area contributed by atoms with Crippen LogP contribution in [0.1, 0.15) is 28.4 Å². The molecule has 8 heteroatoms. The molecule has 2 aromatic heterocycles. The Hall–Kier alpha value is -3.36. The average molecular weight is 381 g/mol. The van der Waals surface area contributed by atoms with Gasteiger partial charge in [-0.3, -0.25) is 15.5 Å². The van der Waals surface area contributed by atoms with Crippen molar-refractivity contribution in [2.24, 2.45) is 11.5 Å². The van der Waals surface area contributed by atoms with E-state index in [1.165, 1.54) is 0 Å². The number of primary amides is 1. The number of aliphatic hydroxyl groups is 1. The number of amides is 1. The second-order valence-electron chi connectivity index (χ2n) is 6.26. The molecule has 2 heterocycles. The van der Waals surface area contributed by atoms with Crippen LogP contribution in [0.5, 0.6) is 5.75 Å². The van der Waals surface area contributed by atoms with Crippen LogP contribution in [-0.2, 0) is 13.0 Å². The number of hydrogen-bond donors (Lipinski definition) is 5. The van der Waals surface area contributed by atoms with Crippen LogP contribution in [0.3, 0.4) is 0 Å². The average Bonchev–Trinajstić information content (AvgIpc) is 3.10. The molecule has 7 N–H and O–H groups in total. The maximum Gasteiger partial charge on any atom is 0.252 e. The Morgan fingerprint density at radius 3 is 2.79 bits per heavy atom. The van der Waals surface area contributed by atoms with Crippen LogP contribution < -0.4 is 21.5 Å². The smallest absolute Gasteiger partial charge is 0.252 e. The number of ether oxygens (including phenoxy) is 1. The highest BCUT2D eigenvalue weighted by atomic mass is 16.5. The van der Waals surface area contributed by atoms with Crippen LogP contribution >= 0.6 is 0 Å². The summed E-state index contributed by atoms with van der Waals surface area (Å²) < 4.78 is 6.00. The Labute approximate surface area is 162 Å². The van der Waals surface area contributed by atoms with Crippen molar-refractivity contribution in [1.82, 2.24) is 9.97 Å². The van der Waals surface area contributed by atoms with Gasteiger partial charge in [-0.1, -0.05) is 19.1 Å². The van der Waals surface area contributed by atoms with E-state index >= 15 is 0 Å². The molecule has 146 valence electrons. The van der Waals surface area contributed by atoms with Gasteiger partial charge >= 0.3 is 0 Å². The Morgan fingerprint density at radius 2 is 2.14 bits per heavy atom. The molecule has 3 rings (SSSR count). The molecule has 0 fully saturated rings. The van der Waals surface area contributed by atoms with Crippen molar-refractivity contribution in [2.45, 2.75) is 26.3 Å². The number of carbonyl (C=O) groups is 1. The first kappa shape index (κ1) is 19.4. The molecule has 0 aliphatic carbocycles. The summed E-state index contributed by atoms with van der Waals surface area (Å²) in [6, 6.07) is 11.2. The molecule has 1 atom stereocenters. The molecule has 0 radical (unpaired) electrons. The number of aromatic nitrogens is 2. The van der Waals surface area contributed by atoms with Crippen molar-refractivity contribution in [1.29, 1.82) is 0 Å². The van der Waals surface area contributed by atoms with Gasteiger partial charge in [0.15, 0.2) is 6.35 Å². The summed E-state index contributed by atoms with van der Waals surface area (Å²) in [7, 11) is 0. The topological polar surface area (TPSA) is 139 Å².